The number of carbonyl (C=O) groups excluding carboxylic acids is 1. The number of rotatable bonds is 3. The first-order valence-corrected chi connectivity index (χ1v) is 5.97. The Morgan fingerprint density at radius 1 is 1.44 bits per heavy atom. The minimum absolute atomic E-state index is 0.0232. The molecule has 2 rings (SSSR count). The van der Waals surface area contributed by atoms with E-state index in [1.54, 1.807) is 6.07 Å². The molecule has 1 atom stereocenters. The topological polar surface area (TPSA) is 26.3 Å². The quantitative estimate of drug-likeness (QED) is 0.833. The van der Waals surface area contributed by atoms with Gasteiger partial charge in [-0.05, 0) is 18.1 Å². The summed E-state index contributed by atoms with van der Waals surface area (Å²) in [6, 6.07) is 5.36. The third-order valence-electron chi connectivity index (χ3n) is 2.78. The van der Waals surface area contributed by atoms with Crippen LogP contribution in [0.2, 0.25) is 10.0 Å². The molecule has 86 valence electrons. The van der Waals surface area contributed by atoms with Gasteiger partial charge in [-0.25, -0.2) is 0 Å². The first-order chi connectivity index (χ1) is 7.68. The van der Waals surface area contributed by atoms with E-state index in [-0.39, 0.29) is 11.7 Å². The summed E-state index contributed by atoms with van der Waals surface area (Å²) in [5, 5.41) is 0.978. The van der Waals surface area contributed by atoms with E-state index >= 15 is 0 Å². The van der Waals surface area contributed by atoms with Gasteiger partial charge in [0.15, 0.2) is 0 Å². The van der Waals surface area contributed by atoms with Crippen molar-refractivity contribution in [3.8, 4) is 0 Å². The third kappa shape index (κ3) is 2.57. The number of benzene rings is 1. The van der Waals surface area contributed by atoms with Gasteiger partial charge in [-0.1, -0.05) is 35.3 Å². The van der Waals surface area contributed by atoms with Crippen LogP contribution in [0.15, 0.2) is 18.2 Å². The van der Waals surface area contributed by atoms with Crippen LogP contribution >= 0.6 is 23.2 Å². The molecule has 4 heteroatoms. The second-order valence-electron chi connectivity index (χ2n) is 3.92. The van der Waals surface area contributed by atoms with Gasteiger partial charge in [0.2, 0.25) is 0 Å². The second-order valence-corrected chi connectivity index (χ2v) is 4.70. The summed E-state index contributed by atoms with van der Waals surface area (Å²) in [4.78, 5) is 11.9. The zero-order chi connectivity index (χ0) is 11.5. The molecule has 0 N–H and O–H groups in total. The first kappa shape index (κ1) is 11.9. The molecule has 1 aliphatic rings. The van der Waals surface area contributed by atoms with Gasteiger partial charge in [0.25, 0.3) is 0 Å². The standard InChI is InChI=1S/C12H12Cl2O2/c13-10-3-1-2-8(12(10)14)6-11(15)9-4-5-16-7-9/h1-3,9H,4-7H2. The molecule has 0 spiro atoms. The normalized spacial score (nSPS) is 20.0. The van der Waals surface area contributed by atoms with Gasteiger partial charge in [0.1, 0.15) is 5.78 Å². The van der Waals surface area contributed by atoms with Crippen molar-refractivity contribution in [1.29, 1.82) is 0 Å². The van der Waals surface area contributed by atoms with Crippen molar-refractivity contribution in [2.75, 3.05) is 13.2 Å². The molecular weight excluding hydrogens is 247 g/mol. The van der Waals surface area contributed by atoms with Gasteiger partial charge < -0.3 is 4.74 Å². The maximum atomic E-state index is 11.9. The van der Waals surface area contributed by atoms with E-state index in [1.165, 1.54) is 0 Å². The molecule has 0 radical (unpaired) electrons. The largest absolute Gasteiger partial charge is 0.381 e. The zero-order valence-electron chi connectivity index (χ0n) is 8.71. The van der Waals surface area contributed by atoms with Gasteiger partial charge in [-0.2, -0.15) is 0 Å². The van der Waals surface area contributed by atoms with Crippen LogP contribution in [0.3, 0.4) is 0 Å². The van der Waals surface area contributed by atoms with Crippen LogP contribution < -0.4 is 0 Å². The fourth-order valence-electron chi connectivity index (χ4n) is 1.81. The van der Waals surface area contributed by atoms with Gasteiger partial charge >= 0.3 is 0 Å². The van der Waals surface area contributed by atoms with Gasteiger partial charge in [-0.3, -0.25) is 4.79 Å². The highest BCUT2D eigenvalue weighted by Crippen LogP contribution is 2.27. The third-order valence-corrected chi connectivity index (χ3v) is 3.64. The van der Waals surface area contributed by atoms with Gasteiger partial charge in [0, 0.05) is 18.9 Å². The predicted octanol–water partition coefficient (Wildman–Crippen LogP) is 3.14. The second kappa shape index (κ2) is 5.17. The Bertz CT molecular complexity index is 398. The molecule has 1 heterocycles. The summed E-state index contributed by atoms with van der Waals surface area (Å²) in [5.74, 6) is 0.205. The minimum atomic E-state index is 0.0232. The molecule has 0 aliphatic carbocycles. The van der Waals surface area contributed by atoms with E-state index < -0.39 is 0 Å². The number of Topliss-reactive ketones (excluding diaryl/α,β-unsaturated/α-hetero) is 1. The Kier molecular flexibility index (Phi) is 3.85. The molecular formula is C12H12Cl2O2. The predicted molar refractivity (Wildman–Crippen MR) is 64.1 cm³/mol. The van der Waals surface area contributed by atoms with Gasteiger partial charge in [-0.15, -0.1) is 0 Å². The van der Waals surface area contributed by atoms with E-state index in [0.717, 1.165) is 12.0 Å². The van der Waals surface area contributed by atoms with Crippen LogP contribution in [0.5, 0.6) is 0 Å². The Labute approximate surface area is 104 Å². The number of hydrogen-bond acceptors (Lipinski definition) is 2. The van der Waals surface area contributed by atoms with E-state index in [2.05, 4.69) is 0 Å². The lowest BCUT2D eigenvalue weighted by Crippen LogP contribution is -2.16. The maximum Gasteiger partial charge on any atom is 0.142 e. The average molecular weight is 259 g/mol. The summed E-state index contributed by atoms with van der Waals surface area (Å²) in [6.07, 6.45) is 1.16. The summed E-state index contributed by atoms with van der Waals surface area (Å²) in [6.45, 7) is 1.22. The lowest BCUT2D eigenvalue weighted by molar-refractivity contribution is -0.122. The molecule has 0 amide bonds. The van der Waals surface area contributed by atoms with Crippen molar-refractivity contribution in [2.45, 2.75) is 12.8 Å². The minimum Gasteiger partial charge on any atom is -0.381 e. The molecule has 1 aromatic rings. The summed E-state index contributed by atoms with van der Waals surface area (Å²) in [7, 11) is 0. The van der Waals surface area contributed by atoms with Crippen LogP contribution in [-0.2, 0) is 16.0 Å². The number of ketones is 1. The van der Waals surface area contributed by atoms with Crippen LogP contribution in [0.4, 0.5) is 0 Å². The molecule has 2 nitrogen and oxygen atoms in total. The lowest BCUT2D eigenvalue weighted by Gasteiger charge is -2.08. The molecule has 0 aromatic heterocycles. The molecule has 1 saturated heterocycles. The van der Waals surface area contributed by atoms with Gasteiger partial charge in [0.05, 0.1) is 16.7 Å². The SMILES string of the molecule is O=C(Cc1cccc(Cl)c1Cl)C1CCOC1. The highest BCUT2D eigenvalue weighted by molar-refractivity contribution is 6.42. The van der Waals surface area contributed by atoms with E-state index in [1.807, 2.05) is 12.1 Å². The van der Waals surface area contributed by atoms with Crippen molar-refractivity contribution < 1.29 is 9.53 Å². The summed E-state index contributed by atoms with van der Waals surface area (Å²) < 4.78 is 5.19. The van der Waals surface area contributed by atoms with E-state index in [9.17, 15) is 4.79 Å². The van der Waals surface area contributed by atoms with E-state index in [0.29, 0.717) is 29.7 Å². The monoisotopic (exact) mass is 258 g/mol. The molecule has 0 bridgehead atoms. The van der Waals surface area contributed by atoms with Crippen molar-refractivity contribution in [1.82, 2.24) is 0 Å². The van der Waals surface area contributed by atoms with E-state index in [4.69, 9.17) is 27.9 Å². The summed E-state index contributed by atoms with van der Waals surface area (Å²) >= 11 is 11.9. The highest BCUT2D eigenvalue weighted by Gasteiger charge is 2.24. The fraction of sp³-hybridized carbons (Fsp3) is 0.417. The first-order valence-electron chi connectivity index (χ1n) is 5.22. The molecule has 1 aromatic carbocycles. The number of ether oxygens (including phenoxy) is 1. The van der Waals surface area contributed by atoms with Crippen LogP contribution in [-0.4, -0.2) is 19.0 Å². The van der Waals surface area contributed by atoms with Crippen LogP contribution in [0, 0.1) is 5.92 Å². The average Bonchev–Trinajstić information content (AvgIpc) is 2.78. The highest BCUT2D eigenvalue weighted by atomic mass is 35.5. The maximum absolute atomic E-state index is 11.9. The van der Waals surface area contributed by atoms with Crippen molar-refractivity contribution in [2.24, 2.45) is 5.92 Å². The van der Waals surface area contributed by atoms with Crippen molar-refractivity contribution in [3.05, 3.63) is 33.8 Å². The number of carbonyl (C=O) groups is 1. The Morgan fingerprint density at radius 2 is 2.25 bits per heavy atom. The Balaban J connectivity index is 2.08. The fourth-order valence-corrected chi connectivity index (χ4v) is 2.19. The van der Waals surface area contributed by atoms with Crippen LogP contribution in [0.1, 0.15) is 12.0 Å². The van der Waals surface area contributed by atoms with Crippen molar-refractivity contribution >= 4 is 29.0 Å². The van der Waals surface area contributed by atoms with Crippen molar-refractivity contribution in [3.63, 3.8) is 0 Å². The smallest absolute Gasteiger partial charge is 0.142 e. The number of hydrogen-bond donors (Lipinski definition) is 0. The zero-order valence-corrected chi connectivity index (χ0v) is 10.2. The molecule has 0 saturated carbocycles. The van der Waals surface area contributed by atoms with Crippen LogP contribution in [0.25, 0.3) is 0 Å². The molecule has 1 aliphatic heterocycles. The number of halogens is 2. The lowest BCUT2D eigenvalue weighted by atomic mass is 9.97. The Hall–Kier alpha value is -0.570. The summed E-state index contributed by atoms with van der Waals surface area (Å²) in [5.41, 5.74) is 0.797. The molecule has 16 heavy (non-hydrogen) atoms. The molecule has 1 fully saturated rings. The Morgan fingerprint density at radius 3 is 2.94 bits per heavy atom. The molecule has 1 unspecified atom stereocenters.